The predicted molar refractivity (Wildman–Crippen MR) is 107 cm³/mol. The molecular formula is C20H17BrN2O6. The third kappa shape index (κ3) is 4.29. The highest BCUT2D eigenvalue weighted by Gasteiger charge is 2.35. The van der Waals surface area contributed by atoms with Gasteiger partial charge in [0, 0.05) is 17.4 Å². The average molecular weight is 461 g/mol. The number of halogens is 1. The summed E-state index contributed by atoms with van der Waals surface area (Å²) in [6, 6.07) is 8.88. The van der Waals surface area contributed by atoms with Crippen LogP contribution in [0.3, 0.4) is 0 Å². The Morgan fingerprint density at radius 1 is 1.10 bits per heavy atom. The van der Waals surface area contributed by atoms with E-state index < -0.39 is 11.9 Å². The van der Waals surface area contributed by atoms with Crippen LogP contribution >= 0.6 is 15.9 Å². The van der Waals surface area contributed by atoms with E-state index in [0.29, 0.717) is 15.6 Å². The van der Waals surface area contributed by atoms with Gasteiger partial charge in [-0.2, -0.15) is 0 Å². The fourth-order valence-corrected chi connectivity index (χ4v) is 3.32. The molecule has 0 saturated heterocycles. The molecule has 3 rings (SSSR count). The molecule has 1 aliphatic heterocycles. The number of hydrogen-bond donors (Lipinski definition) is 2. The summed E-state index contributed by atoms with van der Waals surface area (Å²) < 4.78 is 5.27. The number of carbonyl (C=O) groups excluding carboxylic acids is 4. The van der Waals surface area contributed by atoms with Crippen LogP contribution < -0.4 is 5.32 Å². The number of amides is 3. The quantitative estimate of drug-likeness (QED) is 0.389. The summed E-state index contributed by atoms with van der Waals surface area (Å²) in [6.07, 6.45) is 0.300. The summed E-state index contributed by atoms with van der Waals surface area (Å²) in [6.45, 7) is 0.102. The van der Waals surface area contributed by atoms with Crippen molar-refractivity contribution in [1.82, 2.24) is 4.90 Å². The first-order chi connectivity index (χ1) is 13.8. The Morgan fingerprint density at radius 2 is 1.83 bits per heavy atom. The molecule has 2 aromatic rings. The first-order valence-corrected chi connectivity index (χ1v) is 9.48. The minimum absolute atomic E-state index is 0.0370. The zero-order chi connectivity index (χ0) is 21.1. The Bertz CT molecular complexity index is 1020. The fourth-order valence-electron chi connectivity index (χ4n) is 2.96. The molecule has 0 saturated carbocycles. The van der Waals surface area contributed by atoms with E-state index in [1.165, 1.54) is 25.3 Å². The van der Waals surface area contributed by atoms with Crippen LogP contribution in [0.2, 0.25) is 0 Å². The molecule has 0 bridgehead atoms. The number of aromatic hydroxyl groups is 1. The van der Waals surface area contributed by atoms with Crippen LogP contribution in [0.1, 0.15) is 43.9 Å². The van der Waals surface area contributed by atoms with E-state index in [0.717, 1.165) is 4.90 Å². The molecule has 2 aromatic carbocycles. The third-order valence-corrected chi connectivity index (χ3v) is 4.90. The van der Waals surface area contributed by atoms with Gasteiger partial charge in [0.05, 0.1) is 29.5 Å². The molecular weight excluding hydrogens is 444 g/mol. The van der Waals surface area contributed by atoms with Crippen molar-refractivity contribution in [3.05, 3.63) is 57.6 Å². The number of nitrogens with one attached hydrogen (secondary N) is 1. The second-order valence-corrected chi connectivity index (χ2v) is 7.24. The van der Waals surface area contributed by atoms with Crippen LogP contribution in [-0.4, -0.2) is 47.4 Å². The SMILES string of the molecule is COC(=O)c1ccc(NC(=O)CCCN2C(=O)c3ccc(Br)cc3C2=O)c(O)c1. The third-order valence-electron chi connectivity index (χ3n) is 4.41. The van der Waals surface area contributed by atoms with Crippen LogP contribution in [0, 0.1) is 0 Å². The highest BCUT2D eigenvalue weighted by atomic mass is 79.9. The molecule has 0 unspecified atom stereocenters. The number of methoxy groups -OCH3 is 1. The van der Waals surface area contributed by atoms with Crippen molar-refractivity contribution >= 4 is 45.3 Å². The van der Waals surface area contributed by atoms with Gasteiger partial charge < -0.3 is 15.2 Å². The van der Waals surface area contributed by atoms with Crippen molar-refractivity contribution in [2.75, 3.05) is 19.0 Å². The van der Waals surface area contributed by atoms with E-state index in [4.69, 9.17) is 0 Å². The van der Waals surface area contributed by atoms with Gasteiger partial charge in [-0.25, -0.2) is 4.79 Å². The first kappa shape index (κ1) is 20.5. The zero-order valence-corrected chi connectivity index (χ0v) is 17.0. The van der Waals surface area contributed by atoms with Gasteiger partial charge in [0.25, 0.3) is 11.8 Å². The molecule has 1 heterocycles. The predicted octanol–water partition coefficient (Wildman–Crippen LogP) is 2.96. The molecule has 1 aliphatic rings. The minimum atomic E-state index is -0.605. The van der Waals surface area contributed by atoms with Gasteiger partial charge in [-0.1, -0.05) is 15.9 Å². The monoisotopic (exact) mass is 460 g/mol. The summed E-state index contributed by atoms with van der Waals surface area (Å²) in [7, 11) is 1.22. The van der Waals surface area contributed by atoms with Crippen molar-refractivity contribution in [3.63, 3.8) is 0 Å². The zero-order valence-electron chi connectivity index (χ0n) is 15.4. The number of nitrogens with zero attached hydrogens (tertiary/aromatic N) is 1. The van der Waals surface area contributed by atoms with Crippen LogP contribution in [0.25, 0.3) is 0 Å². The van der Waals surface area contributed by atoms with Crippen LogP contribution in [0.5, 0.6) is 5.75 Å². The van der Waals surface area contributed by atoms with Gasteiger partial charge in [-0.15, -0.1) is 0 Å². The second-order valence-electron chi connectivity index (χ2n) is 6.33. The Hall–Kier alpha value is -3.20. The summed E-state index contributed by atoms with van der Waals surface area (Å²) in [5.74, 6) is -2.04. The molecule has 0 spiro atoms. The topological polar surface area (TPSA) is 113 Å². The lowest BCUT2D eigenvalue weighted by atomic mass is 10.1. The maximum atomic E-state index is 12.4. The number of ether oxygens (including phenoxy) is 1. The van der Waals surface area contributed by atoms with E-state index in [9.17, 15) is 24.3 Å². The lowest BCUT2D eigenvalue weighted by molar-refractivity contribution is -0.116. The van der Waals surface area contributed by atoms with Gasteiger partial charge in [0.2, 0.25) is 5.91 Å². The smallest absolute Gasteiger partial charge is 0.337 e. The summed E-state index contributed by atoms with van der Waals surface area (Å²) in [5, 5.41) is 12.5. The molecule has 0 atom stereocenters. The Kier molecular flexibility index (Phi) is 5.97. The molecule has 29 heavy (non-hydrogen) atoms. The fraction of sp³-hybridized carbons (Fsp3) is 0.200. The number of phenolic OH excluding ortho intramolecular Hbond substituents is 1. The van der Waals surface area contributed by atoms with Gasteiger partial charge in [-0.05, 0) is 42.8 Å². The molecule has 150 valence electrons. The lowest BCUT2D eigenvalue weighted by Crippen LogP contribution is -2.31. The maximum absolute atomic E-state index is 12.4. The normalized spacial score (nSPS) is 12.7. The molecule has 0 fully saturated rings. The van der Waals surface area contributed by atoms with Gasteiger partial charge >= 0.3 is 5.97 Å². The lowest BCUT2D eigenvalue weighted by Gasteiger charge is -2.13. The highest BCUT2D eigenvalue weighted by molar-refractivity contribution is 9.10. The number of imide groups is 1. The Balaban J connectivity index is 1.55. The molecule has 2 N–H and O–H groups in total. The second kappa shape index (κ2) is 8.44. The molecule has 0 aliphatic carbocycles. The molecule has 0 radical (unpaired) electrons. The van der Waals surface area contributed by atoms with Crippen molar-refractivity contribution < 1.29 is 29.0 Å². The number of benzene rings is 2. The summed E-state index contributed by atoms with van der Waals surface area (Å²) in [5.41, 5.74) is 0.983. The van der Waals surface area contributed by atoms with Crippen LogP contribution in [-0.2, 0) is 9.53 Å². The molecule has 8 nitrogen and oxygen atoms in total. The van der Waals surface area contributed by atoms with Crippen LogP contribution in [0.4, 0.5) is 5.69 Å². The Labute approximate surface area is 174 Å². The number of fused-ring (bicyclic) bond motifs is 1. The Morgan fingerprint density at radius 3 is 2.52 bits per heavy atom. The number of carbonyl (C=O) groups is 4. The molecule has 9 heteroatoms. The number of phenols is 1. The largest absolute Gasteiger partial charge is 0.506 e. The van der Waals surface area contributed by atoms with Crippen molar-refractivity contribution in [2.45, 2.75) is 12.8 Å². The van der Waals surface area contributed by atoms with Crippen molar-refractivity contribution in [1.29, 1.82) is 0 Å². The van der Waals surface area contributed by atoms with Gasteiger partial charge in [0.15, 0.2) is 0 Å². The van der Waals surface area contributed by atoms with Gasteiger partial charge in [-0.3, -0.25) is 19.3 Å². The number of anilines is 1. The van der Waals surface area contributed by atoms with E-state index in [-0.39, 0.29) is 48.2 Å². The maximum Gasteiger partial charge on any atom is 0.337 e. The average Bonchev–Trinajstić information content (AvgIpc) is 2.93. The first-order valence-electron chi connectivity index (χ1n) is 8.68. The summed E-state index contributed by atoms with van der Waals surface area (Å²) >= 11 is 3.28. The standard InChI is InChI=1S/C20H17BrN2O6/c1-29-20(28)11-4-7-15(16(24)9-11)22-17(25)3-2-8-23-18(26)13-6-5-12(21)10-14(13)19(23)27/h4-7,9-10,24H,2-3,8H2,1H3,(H,22,25). The number of rotatable bonds is 6. The summed E-state index contributed by atoms with van der Waals surface area (Å²) in [4.78, 5) is 49.4. The molecule has 0 aromatic heterocycles. The van der Waals surface area contributed by atoms with E-state index in [1.54, 1.807) is 18.2 Å². The minimum Gasteiger partial charge on any atom is -0.506 e. The van der Waals surface area contributed by atoms with Crippen molar-refractivity contribution in [3.8, 4) is 5.75 Å². The number of esters is 1. The van der Waals surface area contributed by atoms with E-state index in [1.807, 2.05) is 0 Å². The van der Waals surface area contributed by atoms with E-state index in [2.05, 4.69) is 26.0 Å². The number of hydrogen-bond acceptors (Lipinski definition) is 6. The van der Waals surface area contributed by atoms with Gasteiger partial charge in [0.1, 0.15) is 5.75 Å². The highest BCUT2D eigenvalue weighted by Crippen LogP contribution is 2.27. The van der Waals surface area contributed by atoms with E-state index >= 15 is 0 Å². The van der Waals surface area contributed by atoms with Crippen LogP contribution in [0.15, 0.2) is 40.9 Å². The molecule has 3 amide bonds. The van der Waals surface area contributed by atoms with Crippen molar-refractivity contribution in [2.24, 2.45) is 0 Å².